The first kappa shape index (κ1) is 23.5. The molecule has 0 spiro atoms. The summed E-state index contributed by atoms with van der Waals surface area (Å²) in [5.41, 5.74) is 1.38. The van der Waals surface area contributed by atoms with Gasteiger partial charge in [-0.1, -0.05) is 55.4 Å². The number of hydrogen-bond acceptors (Lipinski definition) is 4. The first-order valence-electron chi connectivity index (χ1n) is 9.81. The number of aliphatic hydroxyl groups excluding tert-OH is 1. The van der Waals surface area contributed by atoms with Crippen LogP contribution in [0, 0.1) is 11.8 Å². The van der Waals surface area contributed by atoms with E-state index in [4.69, 9.17) is 9.47 Å². The second-order valence-electron chi connectivity index (χ2n) is 9.96. The number of carbonyl (C=O) groups excluding carboxylic acids is 1. The van der Waals surface area contributed by atoms with Gasteiger partial charge in [0, 0.05) is 11.1 Å². The lowest BCUT2D eigenvalue weighted by Crippen LogP contribution is -2.32. The Morgan fingerprint density at radius 1 is 1.00 bits per heavy atom. The van der Waals surface area contributed by atoms with E-state index < -0.39 is 18.0 Å². The highest BCUT2D eigenvalue weighted by atomic mass is 16.5. The maximum Gasteiger partial charge on any atom is 0.316 e. The van der Waals surface area contributed by atoms with E-state index in [1.54, 1.807) is 14.0 Å². The summed E-state index contributed by atoms with van der Waals surface area (Å²) < 4.78 is 11.4. The Bertz CT molecular complexity index is 612. The van der Waals surface area contributed by atoms with Crippen LogP contribution in [0.4, 0.5) is 0 Å². The third-order valence-corrected chi connectivity index (χ3v) is 4.78. The van der Waals surface area contributed by atoms with Crippen LogP contribution in [0.25, 0.3) is 0 Å². The Kier molecular flexibility index (Phi) is 7.52. The summed E-state index contributed by atoms with van der Waals surface area (Å²) in [6.45, 7) is 18.3. The van der Waals surface area contributed by atoms with E-state index in [1.165, 1.54) is 0 Å². The SMILES string of the molecule is COc1cc(C(C)(C)C)c(OC(=O)[C@H](C)[C@H](O)CC(C)C)c(C(C)(C)C)c1. The standard InChI is InChI=1S/C23H38O4/c1-14(2)11-19(24)15(3)21(25)27-20-17(22(4,5)6)12-16(26-10)13-18(20)23(7,8)9/h12-15,19,24H,11H2,1-10H3/t15-,19-/m1/s1. The predicted octanol–water partition coefficient (Wildman–Crippen LogP) is 5.24. The first-order valence-corrected chi connectivity index (χ1v) is 9.81. The molecule has 0 fully saturated rings. The van der Waals surface area contributed by atoms with Crippen LogP contribution in [-0.4, -0.2) is 24.3 Å². The molecule has 0 aliphatic rings. The number of benzene rings is 1. The smallest absolute Gasteiger partial charge is 0.316 e. The molecule has 0 radical (unpaired) electrons. The lowest BCUT2D eigenvalue weighted by molar-refractivity contribution is -0.142. The third kappa shape index (κ3) is 6.24. The molecule has 0 heterocycles. The molecule has 0 saturated heterocycles. The summed E-state index contributed by atoms with van der Waals surface area (Å²) in [6, 6.07) is 3.88. The summed E-state index contributed by atoms with van der Waals surface area (Å²) >= 11 is 0. The molecule has 1 aromatic carbocycles. The first-order chi connectivity index (χ1) is 12.2. The molecule has 0 aliphatic heterocycles. The van der Waals surface area contributed by atoms with Crippen LogP contribution in [-0.2, 0) is 15.6 Å². The molecule has 4 nitrogen and oxygen atoms in total. The Morgan fingerprint density at radius 3 is 1.78 bits per heavy atom. The Morgan fingerprint density at radius 2 is 1.44 bits per heavy atom. The lowest BCUT2D eigenvalue weighted by Gasteiger charge is -2.30. The van der Waals surface area contributed by atoms with E-state index in [1.807, 2.05) is 26.0 Å². The van der Waals surface area contributed by atoms with Gasteiger partial charge in [0.15, 0.2) is 0 Å². The van der Waals surface area contributed by atoms with Gasteiger partial charge in [-0.3, -0.25) is 4.79 Å². The minimum absolute atomic E-state index is 0.232. The highest BCUT2D eigenvalue weighted by Crippen LogP contribution is 2.42. The van der Waals surface area contributed by atoms with E-state index >= 15 is 0 Å². The molecule has 0 amide bonds. The van der Waals surface area contributed by atoms with Gasteiger partial charge in [-0.15, -0.1) is 0 Å². The molecule has 0 bridgehead atoms. The number of ether oxygens (including phenoxy) is 2. The molecule has 1 aromatic rings. The molecular weight excluding hydrogens is 340 g/mol. The lowest BCUT2D eigenvalue weighted by atomic mass is 9.79. The molecule has 0 aliphatic carbocycles. The predicted molar refractivity (Wildman–Crippen MR) is 111 cm³/mol. The number of methoxy groups -OCH3 is 1. The van der Waals surface area contributed by atoms with Crippen molar-refractivity contribution in [1.29, 1.82) is 0 Å². The van der Waals surface area contributed by atoms with Crippen LogP contribution >= 0.6 is 0 Å². The van der Waals surface area contributed by atoms with Gasteiger partial charge < -0.3 is 14.6 Å². The molecule has 2 atom stereocenters. The maximum atomic E-state index is 12.8. The van der Waals surface area contributed by atoms with E-state index in [-0.39, 0.29) is 10.8 Å². The topological polar surface area (TPSA) is 55.8 Å². The van der Waals surface area contributed by atoms with E-state index in [2.05, 4.69) is 41.5 Å². The van der Waals surface area contributed by atoms with Crippen LogP contribution in [0.1, 0.15) is 79.9 Å². The molecular formula is C23H38O4. The van der Waals surface area contributed by atoms with Gasteiger partial charge in [0.05, 0.1) is 19.1 Å². The third-order valence-electron chi connectivity index (χ3n) is 4.78. The average Bonchev–Trinajstić information content (AvgIpc) is 2.51. The summed E-state index contributed by atoms with van der Waals surface area (Å²) in [5, 5.41) is 10.4. The quantitative estimate of drug-likeness (QED) is 0.543. The summed E-state index contributed by atoms with van der Waals surface area (Å²) in [7, 11) is 1.64. The van der Waals surface area contributed by atoms with Crippen molar-refractivity contribution >= 4 is 5.97 Å². The van der Waals surface area contributed by atoms with E-state index in [9.17, 15) is 9.90 Å². The molecule has 1 rings (SSSR count). The summed E-state index contributed by atoms with van der Waals surface area (Å²) in [5.74, 6) is 0.660. The highest BCUT2D eigenvalue weighted by Gasteiger charge is 2.32. The summed E-state index contributed by atoms with van der Waals surface area (Å²) in [4.78, 5) is 12.8. The zero-order valence-electron chi connectivity index (χ0n) is 18.8. The fourth-order valence-electron chi connectivity index (χ4n) is 2.98. The van der Waals surface area contributed by atoms with Crippen molar-refractivity contribution in [1.82, 2.24) is 0 Å². The van der Waals surface area contributed by atoms with Crippen LogP contribution in [0.15, 0.2) is 12.1 Å². The van der Waals surface area contributed by atoms with Crippen LogP contribution in [0.2, 0.25) is 0 Å². The summed E-state index contributed by atoms with van der Waals surface area (Å²) in [6.07, 6.45) is -0.149. The molecule has 4 heteroatoms. The zero-order chi connectivity index (χ0) is 21.2. The van der Waals surface area contributed by atoms with Crippen molar-refractivity contribution in [2.24, 2.45) is 11.8 Å². The van der Waals surface area contributed by atoms with Crippen molar-refractivity contribution in [2.45, 2.75) is 85.7 Å². The second-order valence-corrected chi connectivity index (χ2v) is 9.96. The Hall–Kier alpha value is -1.55. The van der Waals surface area contributed by atoms with Gasteiger partial charge >= 0.3 is 5.97 Å². The van der Waals surface area contributed by atoms with Gasteiger partial charge in [-0.05, 0) is 42.2 Å². The normalized spacial score (nSPS) is 14.8. The molecule has 154 valence electrons. The van der Waals surface area contributed by atoms with Crippen LogP contribution in [0.5, 0.6) is 11.5 Å². The molecule has 0 unspecified atom stereocenters. The molecule has 27 heavy (non-hydrogen) atoms. The maximum absolute atomic E-state index is 12.8. The zero-order valence-corrected chi connectivity index (χ0v) is 18.8. The molecule has 1 N–H and O–H groups in total. The van der Waals surface area contributed by atoms with Gasteiger partial charge in [0.2, 0.25) is 0 Å². The molecule has 0 aromatic heterocycles. The fourth-order valence-corrected chi connectivity index (χ4v) is 2.98. The Balaban J connectivity index is 3.41. The minimum atomic E-state index is -0.716. The number of carbonyl (C=O) groups is 1. The van der Waals surface area contributed by atoms with E-state index in [0.717, 1.165) is 16.9 Å². The number of rotatable bonds is 6. The van der Waals surface area contributed by atoms with Crippen molar-refractivity contribution in [2.75, 3.05) is 7.11 Å². The average molecular weight is 379 g/mol. The number of aliphatic hydroxyl groups is 1. The number of esters is 1. The van der Waals surface area contributed by atoms with Gasteiger partial charge in [0.25, 0.3) is 0 Å². The highest BCUT2D eigenvalue weighted by molar-refractivity contribution is 5.77. The largest absolute Gasteiger partial charge is 0.497 e. The minimum Gasteiger partial charge on any atom is -0.497 e. The van der Waals surface area contributed by atoms with Crippen molar-refractivity contribution in [3.63, 3.8) is 0 Å². The van der Waals surface area contributed by atoms with E-state index in [0.29, 0.717) is 18.1 Å². The van der Waals surface area contributed by atoms with Gasteiger partial charge in [-0.25, -0.2) is 0 Å². The van der Waals surface area contributed by atoms with Crippen molar-refractivity contribution in [3.05, 3.63) is 23.3 Å². The van der Waals surface area contributed by atoms with Crippen LogP contribution < -0.4 is 9.47 Å². The number of hydrogen-bond donors (Lipinski definition) is 1. The van der Waals surface area contributed by atoms with Crippen molar-refractivity contribution in [3.8, 4) is 11.5 Å². The van der Waals surface area contributed by atoms with Gasteiger partial charge in [-0.2, -0.15) is 0 Å². The monoisotopic (exact) mass is 378 g/mol. The van der Waals surface area contributed by atoms with Gasteiger partial charge in [0.1, 0.15) is 11.5 Å². The van der Waals surface area contributed by atoms with Crippen molar-refractivity contribution < 1.29 is 19.4 Å². The second kappa shape index (κ2) is 8.64. The molecule has 0 saturated carbocycles. The Labute approximate surface area is 165 Å². The fraction of sp³-hybridized carbons (Fsp3) is 0.696. The van der Waals surface area contributed by atoms with Crippen LogP contribution in [0.3, 0.4) is 0 Å².